The van der Waals surface area contributed by atoms with Crippen LogP contribution in [0.15, 0.2) is 46.9 Å². The number of halogens is 2. The Morgan fingerprint density at radius 2 is 1.97 bits per heavy atom. The third-order valence-corrected chi connectivity index (χ3v) is 5.63. The maximum absolute atomic E-state index is 13.1. The number of hydrogen-bond acceptors (Lipinski definition) is 3. The molecule has 0 aliphatic heterocycles. The Hall–Kier alpha value is -2.05. The van der Waals surface area contributed by atoms with Gasteiger partial charge in [0, 0.05) is 17.6 Å². The average Bonchev–Trinajstić information content (AvgIpc) is 2.72. The molecule has 0 aliphatic carbocycles. The van der Waals surface area contributed by atoms with Crippen molar-refractivity contribution in [3.63, 3.8) is 0 Å². The van der Waals surface area contributed by atoms with Gasteiger partial charge in [-0.2, -0.15) is 0 Å². The molecule has 2 amide bonds. The Morgan fingerprint density at radius 3 is 2.63 bits per heavy atom. The van der Waals surface area contributed by atoms with Crippen LogP contribution in [0.3, 0.4) is 0 Å². The summed E-state index contributed by atoms with van der Waals surface area (Å²) in [7, 11) is 0. The van der Waals surface area contributed by atoms with Crippen LogP contribution >= 0.6 is 27.5 Å². The molecule has 2 rings (SSSR count). The molecular formula is C23H28BrClN2O3. The minimum atomic E-state index is -0.627. The molecule has 7 heteroatoms. The summed E-state index contributed by atoms with van der Waals surface area (Å²) in [5.74, 6) is -0.0356. The minimum absolute atomic E-state index is 0.174. The van der Waals surface area contributed by atoms with Gasteiger partial charge in [-0.3, -0.25) is 9.59 Å². The lowest BCUT2D eigenvalue weighted by atomic mass is 10.1. The van der Waals surface area contributed by atoms with Gasteiger partial charge in [-0.15, -0.1) is 0 Å². The lowest BCUT2D eigenvalue weighted by Gasteiger charge is -2.29. The van der Waals surface area contributed by atoms with Crippen LogP contribution in [-0.4, -0.2) is 35.9 Å². The fourth-order valence-corrected chi connectivity index (χ4v) is 3.63. The van der Waals surface area contributed by atoms with Gasteiger partial charge in [-0.05, 0) is 49.6 Å². The van der Waals surface area contributed by atoms with Crippen molar-refractivity contribution in [3.05, 3.63) is 63.1 Å². The zero-order valence-corrected chi connectivity index (χ0v) is 19.9. The highest BCUT2D eigenvalue weighted by molar-refractivity contribution is 9.10. The third-order valence-electron chi connectivity index (χ3n) is 4.84. The van der Waals surface area contributed by atoms with Crippen LogP contribution in [0.2, 0.25) is 5.02 Å². The number of carbonyl (C=O) groups excluding carboxylic acids is 2. The van der Waals surface area contributed by atoms with Crippen molar-refractivity contribution in [3.8, 4) is 5.75 Å². The number of nitrogens with one attached hydrogen (secondary N) is 1. The molecule has 0 radical (unpaired) electrons. The molecule has 2 aromatic rings. The molecule has 5 nitrogen and oxygen atoms in total. The lowest BCUT2D eigenvalue weighted by Crippen LogP contribution is -2.49. The van der Waals surface area contributed by atoms with Crippen LogP contribution < -0.4 is 10.1 Å². The fourth-order valence-electron chi connectivity index (χ4n) is 2.90. The second-order valence-corrected chi connectivity index (χ2v) is 8.45. The maximum Gasteiger partial charge on any atom is 0.261 e. The van der Waals surface area contributed by atoms with Crippen LogP contribution in [-0.2, 0) is 16.1 Å². The Labute approximate surface area is 191 Å². The van der Waals surface area contributed by atoms with E-state index in [1.54, 1.807) is 30.0 Å². The van der Waals surface area contributed by atoms with E-state index < -0.39 is 6.04 Å². The highest BCUT2D eigenvalue weighted by Crippen LogP contribution is 2.27. The largest absolute Gasteiger partial charge is 0.482 e. The van der Waals surface area contributed by atoms with Gasteiger partial charge < -0.3 is 15.0 Å². The van der Waals surface area contributed by atoms with Crippen molar-refractivity contribution in [1.82, 2.24) is 10.2 Å². The van der Waals surface area contributed by atoms with Crippen LogP contribution in [0.4, 0.5) is 0 Å². The normalized spacial score (nSPS) is 11.6. The summed E-state index contributed by atoms with van der Waals surface area (Å²) in [4.78, 5) is 27.2. The van der Waals surface area contributed by atoms with E-state index in [0.717, 1.165) is 28.4 Å². The van der Waals surface area contributed by atoms with E-state index in [2.05, 4.69) is 28.2 Å². The van der Waals surface area contributed by atoms with E-state index >= 15 is 0 Å². The fraction of sp³-hybridized carbons (Fsp3) is 0.391. The van der Waals surface area contributed by atoms with E-state index in [-0.39, 0.29) is 18.4 Å². The average molecular weight is 496 g/mol. The topological polar surface area (TPSA) is 58.6 Å². The van der Waals surface area contributed by atoms with Gasteiger partial charge in [0.05, 0.1) is 5.02 Å². The van der Waals surface area contributed by atoms with Crippen molar-refractivity contribution in [2.45, 2.75) is 46.2 Å². The molecule has 0 saturated heterocycles. The van der Waals surface area contributed by atoms with Gasteiger partial charge in [-0.1, -0.05) is 65.1 Å². The number of nitrogens with zero attached hydrogens (tertiary/aromatic N) is 1. The van der Waals surface area contributed by atoms with Crippen LogP contribution in [0.25, 0.3) is 0 Å². The monoisotopic (exact) mass is 494 g/mol. The summed E-state index contributed by atoms with van der Waals surface area (Å²) in [5.41, 5.74) is 2.05. The van der Waals surface area contributed by atoms with Gasteiger partial charge in [0.2, 0.25) is 5.91 Å². The molecule has 0 fully saturated rings. The minimum Gasteiger partial charge on any atom is -0.482 e. The number of carbonyl (C=O) groups is 2. The van der Waals surface area contributed by atoms with Crippen LogP contribution in [0.5, 0.6) is 5.75 Å². The Kier molecular flexibility index (Phi) is 9.66. The van der Waals surface area contributed by atoms with E-state index in [1.807, 2.05) is 31.2 Å². The van der Waals surface area contributed by atoms with E-state index in [4.69, 9.17) is 16.3 Å². The molecule has 0 bridgehead atoms. The smallest absolute Gasteiger partial charge is 0.261 e. The summed E-state index contributed by atoms with van der Waals surface area (Å²) in [5, 5.41) is 3.32. The third kappa shape index (κ3) is 7.03. The molecule has 0 heterocycles. The Bertz CT molecular complexity index is 875. The molecule has 162 valence electrons. The summed E-state index contributed by atoms with van der Waals surface area (Å²) in [6.45, 7) is 6.50. The predicted molar refractivity (Wildman–Crippen MR) is 124 cm³/mol. The molecular weight excluding hydrogens is 468 g/mol. The number of amides is 2. The number of ether oxygens (including phenoxy) is 1. The quantitative estimate of drug-likeness (QED) is 0.465. The molecule has 0 aromatic heterocycles. The first-order valence-corrected chi connectivity index (χ1v) is 11.2. The van der Waals surface area contributed by atoms with E-state index in [0.29, 0.717) is 23.9 Å². The van der Waals surface area contributed by atoms with Crippen molar-refractivity contribution in [2.24, 2.45) is 0 Å². The highest BCUT2D eigenvalue weighted by atomic mass is 79.9. The number of hydrogen-bond donors (Lipinski definition) is 1. The Balaban J connectivity index is 2.15. The maximum atomic E-state index is 13.1. The zero-order chi connectivity index (χ0) is 22.1. The molecule has 1 atom stereocenters. The first-order chi connectivity index (χ1) is 14.3. The van der Waals surface area contributed by atoms with Gasteiger partial charge in [0.15, 0.2) is 6.61 Å². The van der Waals surface area contributed by atoms with Gasteiger partial charge >= 0.3 is 0 Å². The predicted octanol–water partition coefficient (Wildman–Crippen LogP) is 5.12. The molecule has 1 N–H and O–H groups in total. The van der Waals surface area contributed by atoms with Gasteiger partial charge in [-0.25, -0.2) is 0 Å². The standard InChI is InChI=1S/C23H28BrClN2O3/c1-4-5-12-26-23(29)17(3)27(14-18-9-7-6-8-16(18)2)22(28)15-30-21-11-10-19(24)13-20(21)25/h6-11,13,17H,4-5,12,14-15H2,1-3H3,(H,26,29)/t17-/m0/s1. The second-order valence-electron chi connectivity index (χ2n) is 7.13. The van der Waals surface area contributed by atoms with Gasteiger partial charge in [0.25, 0.3) is 5.91 Å². The second kappa shape index (κ2) is 12.0. The number of aryl methyl sites for hydroxylation is 1. The molecule has 30 heavy (non-hydrogen) atoms. The van der Waals surface area contributed by atoms with Crippen LogP contribution in [0.1, 0.15) is 37.8 Å². The van der Waals surface area contributed by atoms with Crippen LogP contribution in [0, 0.1) is 6.92 Å². The molecule has 2 aromatic carbocycles. The van der Waals surface area contributed by atoms with E-state index in [1.165, 1.54) is 0 Å². The zero-order valence-electron chi connectivity index (χ0n) is 17.6. The molecule has 0 saturated carbocycles. The number of rotatable bonds is 10. The summed E-state index contributed by atoms with van der Waals surface area (Å²) in [6.07, 6.45) is 1.89. The van der Waals surface area contributed by atoms with Crippen molar-refractivity contribution in [1.29, 1.82) is 0 Å². The highest BCUT2D eigenvalue weighted by Gasteiger charge is 2.26. The number of unbranched alkanes of at least 4 members (excludes halogenated alkanes) is 1. The molecule has 0 aliphatic rings. The SMILES string of the molecule is CCCCNC(=O)[C@H](C)N(Cc1ccccc1C)C(=O)COc1ccc(Br)cc1Cl. The first kappa shape index (κ1) is 24.2. The van der Waals surface area contributed by atoms with Crippen molar-refractivity contribution in [2.75, 3.05) is 13.2 Å². The van der Waals surface area contributed by atoms with Crippen molar-refractivity contribution >= 4 is 39.3 Å². The molecule has 0 spiro atoms. The number of benzene rings is 2. The Morgan fingerprint density at radius 1 is 1.23 bits per heavy atom. The lowest BCUT2D eigenvalue weighted by molar-refractivity contribution is -0.142. The van der Waals surface area contributed by atoms with E-state index in [9.17, 15) is 9.59 Å². The first-order valence-electron chi connectivity index (χ1n) is 10.0. The van der Waals surface area contributed by atoms with Gasteiger partial charge in [0.1, 0.15) is 11.8 Å². The molecule has 0 unspecified atom stereocenters. The summed E-state index contributed by atoms with van der Waals surface area (Å²) >= 11 is 9.53. The summed E-state index contributed by atoms with van der Waals surface area (Å²) < 4.78 is 6.48. The summed E-state index contributed by atoms with van der Waals surface area (Å²) in [6, 6.07) is 12.4. The van der Waals surface area contributed by atoms with Crippen molar-refractivity contribution < 1.29 is 14.3 Å².